The van der Waals surface area contributed by atoms with Gasteiger partial charge in [-0.05, 0) is 90.5 Å². The third-order valence-electron chi connectivity index (χ3n) is 8.53. The first-order valence-electron chi connectivity index (χ1n) is 13.8. The fourth-order valence-corrected chi connectivity index (χ4v) is 7.32. The van der Waals surface area contributed by atoms with Crippen LogP contribution in [0.25, 0.3) is 10.8 Å². The average Bonchev–Trinajstić information content (AvgIpc) is 2.88. The standard InChI is InChI=1S/C30H41F2IO2/c1-3-5-18-34-24-12-11-23-19-25(27(31)28(32)26(23)29(24)33)35-20-30(15-4-2)16-13-22(14-17-30)21-9-7-6-8-10-21/h11-12,19,21-22H,3-10,13-18,20H2,1-2H3. The Kier molecular flexibility index (Phi) is 9.56. The minimum atomic E-state index is -0.885. The van der Waals surface area contributed by atoms with Gasteiger partial charge in [0.05, 0.1) is 16.8 Å². The normalized spacial score (nSPS) is 23.5. The zero-order valence-corrected chi connectivity index (χ0v) is 23.6. The van der Waals surface area contributed by atoms with Gasteiger partial charge in [-0.3, -0.25) is 0 Å². The second-order valence-electron chi connectivity index (χ2n) is 11.0. The first-order chi connectivity index (χ1) is 17.0. The maximum absolute atomic E-state index is 15.2. The lowest BCUT2D eigenvalue weighted by atomic mass is 9.64. The molecule has 0 amide bonds. The van der Waals surface area contributed by atoms with Crippen LogP contribution in [0, 0.1) is 32.5 Å². The maximum atomic E-state index is 15.2. The van der Waals surface area contributed by atoms with Gasteiger partial charge in [-0.2, -0.15) is 4.39 Å². The third-order valence-corrected chi connectivity index (χ3v) is 9.60. The van der Waals surface area contributed by atoms with Crippen molar-refractivity contribution in [1.29, 1.82) is 0 Å². The Morgan fingerprint density at radius 3 is 2.29 bits per heavy atom. The molecule has 0 heterocycles. The van der Waals surface area contributed by atoms with Crippen LogP contribution in [-0.4, -0.2) is 13.2 Å². The van der Waals surface area contributed by atoms with E-state index in [0.29, 0.717) is 27.9 Å². The van der Waals surface area contributed by atoms with E-state index in [9.17, 15) is 0 Å². The molecule has 194 valence electrons. The van der Waals surface area contributed by atoms with Crippen LogP contribution in [0.15, 0.2) is 18.2 Å². The van der Waals surface area contributed by atoms with Crippen LogP contribution in [0.3, 0.4) is 0 Å². The minimum absolute atomic E-state index is 0.0373. The van der Waals surface area contributed by atoms with E-state index in [-0.39, 0.29) is 16.6 Å². The van der Waals surface area contributed by atoms with E-state index in [1.807, 2.05) is 12.1 Å². The Morgan fingerprint density at radius 2 is 1.60 bits per heavy atom. The lowest BCUT2D eigenvalue weighted by Crippen LogP contribution is -2.35. The van der Waals surface area contributed by atoms with Gasteiger partial charge >= 0.3 is 0 Å². The molecular formula is C30H41F2IO2. The highest BCUT2D eigenvalue weighted by atomic mass is 127. The molecule has 2 fully saturated rings. The van der Waals surface area contributed by atoms with Gasteiger partial charge < -0.3 is 9.47 Å². The largest absolute Gasteiger partial charge is 0.492 e. The summed E-state index contributed by atoms with van der Waals surface area (Å²) in [7, 11) is 0. The van der Waals surface area contributed by atoms with Gasteiger partial charge in [0.15, 0.2) is 11.6 Å². The molecule has 2 saturated carbocycles. The molecule has 2 aromatic rings. The summed E-state index contributed by atoms with van der Waals surface area (Å²) in [6.45, 7) is 5.35. The van der Waals surface area contributed by atoms with E-state index < -0.39 is 11.6 Å². The molecule has 0 spiro atoms. The predicted octanol–water partition coefficient (Wildman–Crippen LogP) is 9.84. The molecule has 2 aliphatic carbocycles. The number of ether oxygens (including phenoxy) is 2. The second kappa shape index (κ2) is 12.4. The van der Waals surface area contributed by atoms with Crippen molar-refractivity contribution < 1.29 is 18.3 Å². The quantitative estimate of drug-likeness (QED) is 0.200. The van der Waals surface area contributed by atoms with Crippen LogP contribution < -0.4 is 9.47 Å². The first kappa shape index (κ1) is 26.9. The van der Waals surface area contributed by atoms with Crippen LogP contribution in [0.2, 0.25) is 0 Å². The predicted molar refractivity (Wildman–Crippen MR) is 148 cm³/mol. The Balaban J connectivity index is 1.48. The van der Waals surface area contributed by atoms with Gasteiger partial charge in [0, 0.05) is 10.8 Å². The number of unbranched alkanes of at least 4 members (excludes halogenated alkanes) is 1. The van der Waals surface area contributed by atoms with E-state index in [1.165, 1.54) is 44.9 Å². The van der Waals surface area contributed by atoms with Crippen LogP contribution in [0.4, 0.5) is 8.78 Å². The molecule has 35 heavy (non-hydrogen) atoms. The Hall–Kier alpha value is -1.11. The SMILES string of the molecule is CCCCOc1ccc2cc(OCC3(CCC)CCC(C4CCCCC4)CC3)c(F)c(F)c2c1I. The van der Waals surface area contributed by atoms with Crippen molar-refractivity contribution in [3.05, 3.63) is 33.4 Å². The van der Waals surface area contributed by atoms with Crippen molar-refractivity contribution in [2.45, 2.75) is 97.3 Å². The van der Waals surface area contributed by atoms with Crippen molar-refractivity contribution in [2.24, 2.45) is 17.3 Å². The molecule has 2 aliphatic rings. The van der Waals surface area contributed by atoms with Crippen LogP contribution in [0.5, 0.6) is 11.5 Å². The van der Waals surface area contributed by atoms with Crippen molar-refractivity contribution in [2.75, 3.05) is 13.2 Å². The Morgan fingerprint density at radius 1 is 0.886 bits per heavy atom. The molecule has 0 atom stereocenters. The summed E-state index contributed by atoms with van der Waals surface area (Å²) in [5.41, 5.74) is 0.0726. The smallest absolute Gasteiger partial charge is 0.201 e. The highest BCUT2D eigenvalue weighted by Gasteiger charge is 2.38. The second-order valence-corrected chi connectivity index (χ2v) is 12.0. The van der Waals surface area contributed by atoms with Crippen LogP contribution in [-0.2, 0) is 0 Å². The summed E-state index contributed by atoms with van der Waals surface area (Å²) in [4.78, 5) is 0. The summed E-state index contributed by atoms with van der Waals surface area (Å²) in [6.07, 6.45) is 15.9. The minimum Gasteiger partial charge on any atom is -0.492 e. The topological polar surface area (TPSA) is 18.5 Å². The molecule has 0 aromatic heterocycles. The summed E-state index contributed by atoms with van der Waals surface area (Å²) in [5.74, 6) is 0.656. The summed E-state index contributed by atoms with van der Waals surface area (Å²) >= 11 is 2.06. The molecule has 2 nitrogen and oxygen atoms in total. The van der Waals surface area contributed by atoms with Crippen LogP contribution in [0.1, 0.15) is 97.3 Å². The van der Waals surface area contributed by atoms with Gasteiger partial charge in [-0.1, -0.05) is 64.9 Å². The first-order valence-corrected chi connectivity index (χ1v) is 14.9. The molecule has 5 heteroatoms. The molecular weight excluding hydrogens is 557 g/mol. The van der Waals surface area contributed by atoms with Gasteiger partial charge in [0.2, 0.25) is 5.82 Å². The summed E-state index contributed by atoms with van der Waals surface area (Å²) in [6, 6.07) is 5.33. The number of rotatable bonds is 10. The molecule has 4 rings (SSSR count). The van der Waals surface area contributed by atoms with E-state index in [0.717, 1.165) is 50.4 Å². The highest BCUT2D eigenvalue weighted by Crippen LogP contribution is 2.47. The zero-order chi connectivity index (χ0) is 24.8. The number of fused-ring (bicyclic) bond motifs is 1. The van der Waals surface area contributed by atoms with Crippen molar-refractivity contribution in [3.8, 4) is 11.5 Å². The monoisotopic (exact) mass is 598 g/mol. The number of benzene rings is 2. The zero-order valence-electron chi connectivity index (χ0n) is 21.4. The lowest BCUT2D eigenvalue weighted by Gasteiger charge is -2.43. The Labute approximate surface area is 223 Å². The van der Waals surface area contributed by atoms with Gasteiger partial charge in [0.25, 0.3) is 0 Å². The Bertz CT molecular complexity index is 978. The van der Waals surface area contributed by atoms with Crippen molar-refractivity contribution >= 4 is 33.4 Å². The van der Waals surface area contributed by atoms with E-state index in [1.54, 1.807) is 6.07 Å². The van der Waals surface area contributed by atoms with Gasteiger partial charge in [-0.15, -0.1) is 0 Å². The average molecular weight is 599 g/mol. The fraction of sp³-hybridized carbons (Fsp3) is 0.667. The maximum Gasteiger partial charge on any atom is 0.201 e. The molecule has 0 N–H and O–H groups in total. The van der Waals surface area contributed by atoms with Gasteiger partial charge in [0.1, 0.15) is 5.75 Å². The van der Waals surface area contributed by atoms with E-state index >= 15 is 8.78 Å². The highest BCUT2D eigenvalue weighted by molar-refractivity contribution is 14.1. The number of hydrogen-bond donors (Lipinski definition) is 0. The summed E-state index contributed by atoms with van der Waals surface area (Å²) < 4.78 is 42.9. The molecule has 0 radical (unpaired) electrons. The van der Waals surface area contributed by atoms with Crippen molar-refractivity contribution in [1.82, 2.24) is 0 Å². The third kappa shape index (κ3) is 6.24. The molecule has 0 unspecified atom stereocenters. The molecule has 0 bridgehead atoms. The molecule has 2 aromatic carbocycles. The molecule has 0 saturated heterocycles. The van der Waals surface area contributed by atoms with E-state index in [2.05, 4.69) is 36.4 Å². The molecule has 0 aliphatic heterocycles. The van der Waals surface area contributed by atoms with E-state index in [4.69, 9.17) is 9.47 Å². The van der Waals surface area contributed by atoms with Crippen molar-refractivity contribution in [3.63, 3.8) is 0 Å². The lowest BCUT2D eigenvalue weighted by molar-refractivity contribution is 0.0456. The number of halogens is 3. The fourth-order valence-electron chi connectivity index (χ4n) is 6.44. The van der Waals surface area contributed by atoms with Gasteiger partial charge in [-0.25, -0.2) is 4.39 Å². The summed E-state index contributed by atoms with van der Waals surface area (Å²) in [5, 5.41) is 0.928. The van der Waals surface area contributed by atoms with Crippen LogP contribution >= 0.6 is 22.6 Å². The number of hydrogen-bond acceptors (Lipinski definition) is 2.